The van der Waals surface area contributed by atoms with E-state index in [0.29, 0.717) is 17.1 Å². The molecule has 35 heavy (non-hydrogen) atoms. The van der Waals surface area contributed by atoms with E-state index < -0.39 is 6.03 Å². The van der Waals surface area contributed by atoms with Gasteiger partial charge in [0.25, 0.3) is 0 Å². The molecule has 2 N–H and O–H groups in total. The normalized spacial score (nSPS) is 13.3. The number of para-hydroxylation sites is 1. The van der Waals surface area contributed by atoms with Crippen molar-refractivity contribution in [2.75, 3.05) is 28.6 Å². The third-order valence-electron chi connectivity index (χ3n) is 5.89. The van der Waals surface area contributed by atoms with Gasteiger partial charge in [-0.1, -0.05) is 24.3 Å². The fourth-order valence-electron chi connectivity index (χ4n) is 4.12. The minimum absolute atomic E-state index is 0.116. The SMILES string of the molecule is O=C(Nc1ccc(C(=O)/C=C/c2cc3ccccc3nc2N2CCCC2)cc1)Nc1ccccn1. The molecule has 5 rings (SSSR count). The lowest BCUT2D eigenvalue weighted by molar-refractivity contribution is 0.104. The third kappa shape index (κ3) is 5.35. The van der Waals surface area contributed by atoms with Crippen LogP contribution < -0.4 is 15.5 Å². The molecule has 1 aliphatic rings. The van der Waals surface area contributed by atoms with Gasteiger partial charge in [0.05, 0.1) is 5.52 Å². The van der Waals surface area contributed by atoms with Crippen molar-refractivity contribution in [2.24, 2.45) is 0 Å². The molecule has 0 aliphatic carbocycles. The molecule has 2 aromatic heterocycles. The van der Waals surface area contributed by atoms with Crippen LogP contribution in [0.4, 0.5) is 22.1 Å². The molecule has 0 bridgehead atoms. The fraction of sp³-hybridized carbons (Fsp3) is 0.143. The summed E-state index contributed by atoms with van der Waals surface area (Å²) in [6, 6.07) is 21.8. The van der Waals surface area contributed by atoms with Crippen LogP contribution in [0.1, 0.15) is 28.8 Å². The van der Waals surface area contributed by atoms with E-state index in [2.05, 4.69) is 26.6 Å². The fourth-order valence-corrected chi connectivity index (χ4v) is 4.12. The Morgan fingerprint density at radius 1 is 0.886 bits per heavy atom. The highest BCUT2D eigenvalue weighted by Crippen LogP contribution is 2.27. The number of nitrogens with zero attached hydrogens (tertiary/aromatic N) is 3. The Morgan fingerprint density at radius 3 is 2.43 bits per heavy atom. The monoisotopic (exact) mass is 463 g/mol. The number of carbonyl (C=O) groups excluding carboxylic acids is 2. The maximum atomic E-state index is 12.9. The summed E-state index contributed by atoms with van der Waals surface area (Å²) in [6.45, 7) is 1.95. The van der Waals surface area contributed by atoms with Crippen molar-refractivity contribution in [3.05, 3.63) is 96.2 Å². The molecule has 0 spiro atoms. The van der Waals surface area contributed by atoms with Gasteiger partial charge in [0, 0.05) is 41.5 Å². The number of rotatable bonds is 6. The van der Waals surface area contributed by atoms with Gasteiger partial charge in [0.15, 0.2) is 5.78 Å². The van der Waals surface area contributed by atoms with Gasteiger partial charge in [-0.2, -0.15) is 0 Å². The Kier molecular flexibility index (Phi) is 6.48. The highest BCUT2D eigenvalue weighted by Gasteiger charge is 2.17. The van der Waals surface area contributed by atoms with Crippen molar-refractivity contribution in [3.8, 4) is 0 Å². The lowest BCUT2D eigenvalue weighted by Gasteiger charge is -2.19. The van der Waals surface area contributed by atoms with Gasteiger partial charge in [-0.15, -0.1) is 0 Å². The molecule has 7 nitrogen and oxygen atoms in total. The Labute approximate surface area is 203 Å². The van der Waals surface area contributed by atoms with Gasteiger partial charge in [0.2, 0.25) is 0 Å². The molecule has 3 heterocycles. The number of ketones is 1. The number of amides is 2. The minimum atomic E-state index is -0.402. The first-order valence-corrected chi connectivity index (χ1v) is 11.6. The number of aromatic nitrogens is 2. The number of benzene rings is 2. The van der Waals surface area contributed by atoms with Crippen LogP contribution in [0.2, 0.25) is 0 Å². The number of nitrogens with one attached hydrogen (secondary N) is 2. The number of carbonyl (C=O) groups is 2. The van der Waals surface area contributed by atoms with Crippen LogP contribution >= 0.6 is 0 Å². The molecule has 0 unspecified atom stereocenters. The Morgan fingerprint density at radius 2 is 1.66 bits per heavy atom. The van der Waals surface area contributed by atoms with E-state index in [1.807, 2.05) is 30.3 Å². The number of urea groups is 1. The van der Waals surface area contributed by atoms with Gasteiger partial charge in [-0.3, -0.25) is 10.1 Å². The average Bonchev–Trinajstić information content (AvgIpc) is 3.42. The maximum Gasteiger partial charge on any atom is 0.324 e. The quantitative estimate of drug-likeness (QED) is 0.280. The number of pyridine rings is 2. The Hall–Kier alpha value is -4.52. The molecule has 1 saturated heterocycles. The summed E-state index contributed by atoms with van der Waals surface area (Å²) in [4.78, 5) is 36.2. The smallest absolute Gasteiger partial charge is 0.324 e. The topological polar surface area (TPSA) is 87.2 Å². The van der Waals surface area contributed by atoms with E-state index in [1.165, 1.54) is 0 Å². The van der Waals surface area contributed by atoms with Crippen LogP contribution in [0.15, 0.2) is 85.1 Å². The van der Waals surface area contributed by atoms with E-state index in [-0.39, 0.29) is 5.78 Å². The summed E-state index contributed by atoms with van der Waals surface area (Å²) in [5.74, 6) is 1.26. The van der Waals surface area contributed by atoms with E-state index in [9.17, 15) is 9.59 Å². The molecule has 4 aromatic rings. The molecule has 1 aliphatic heterocycles. The zero-order valence-corrected chi connectivity index (χ0v) is 19.1. The molecule has 2 aromatic carbocycles. The number of hydrogen-bond acceptors (Lipinski definition) is 5. The second-order valence-corrected chi connectivity index (χ2v) is 8.36. The van der Waals surface area contributed by atoms with E-state index in [1.54, 1.807) is 54.7 Å². The largest absolute Gasteiger partial charge is 0.356 e. The van der Waals surface area contributed by atoms with Gasteiger partial charge in [-0.05, 0) is 73.5 Å². The predicted molar refractivity (Wildman–Crippen MR) is 140 cm³/mol. The van der Waals surface area contributed by atoms with Crippen molar-refractivity contribution in [1.82, 2.24) is 9.97 Å². The highest BCUT2D eigenvalue weighted by atomic mass is 16.2. The molecule has 0 atom stereocenters. The van der Waals surface area contributed by atoms with Gasteiger partial charge in [0.1, 0.15) is 11.6 Å². The summed E-state index contributed by atoms with van der Waals surface area (Å²) < 4.78 is 0. The predicted octanol–water partition coefficient (Wildman–Crippen LogP) is 5.77. The van der Waals surface area contributed by atoms with Crippen molar-refractivity contribution >= 4 is 46.1 Å². The maximum absolute atomic E-state index is 12.9. The number of anilines is 3. The molecular formula is C28H25N5O2. The van der Waals surface area contributed by atoms with Crippen LogP contribution in [-0.2, 0) is 0 Å². The second-order valence-electron chi connectivity index (χ2n) is 8.36. The first-order chi connectivity index (χ1) is 17.2. The van der Waals surface area contributed by atoms with Crippen molar-refractivity contribution in [3.63, 3.8) is 0 Å². The number of allylic oxidation sites excluding steroid dienone is 1. The van der Waals surface area contributed by atoms with Crippen LogP contribution in [-0.4, -0.2) is 34.9 Å². The lowest BCUT2D eigenvalue weighted by Crippen LogP contribution is -2.20. The second kappa shape index (κ2) is 10.2. The van der Waals surface area contributed by atoms with E-state index in [4.69, 9.17) is 4.98 Å². The van der Waals surface area contributed by atoms with E-state index >= 15 is 0 Å². The summed E-state index contributed by atoms with van der Waals surface area (Å²) in [6.07, 6.45) is 7.34. The van der Waals surface area contributed by atoms with Gasteiger partial charge >= 0.3 is 6.03 Å². The van der Waals surface area contributed by atoms with Crippen molar-refractivity contribution < 1.29 is 9.59 Å². The molecule has 0 saturated carbocycles. The zero-order chi connectivity index (χ0) is 24.0. The Bertz CT molecular complexity index is 1380. The van der Waals surface area contributed by atoms with E-state index in [0.717, 1.165) is 48.2 Å². The third-order valence-corrected chi connectivity index (χ3v) is 5.89. The highest BCUT2D eigenvalue weighted by molar-refractivity contribution is 6.08. The standard InChI is InChI=1S/C28H25N5O2/c34-25(20-10-13-23(14-11-20)30-28(35)32-26-9-3-4-16-29-26)15-12-22-19-21-7-1-2-8-24(21)31-27(22)33-17-5-6-18-33/h1-4,7-16,19H,5-6,17-18H2,(H2,29,30,32,35)/b15-12+. The molecule has 7 heteroatoms. The number of hydrogen-bond donors (Lipinski definition) is 2. The molecule has 174 valence electrons. The van der Waals surface area contributed by atoms with Gasteiger partial charge in [-0.25, -0.2) is 14.8 Å². The first kappa shape index (κ1) is 22.3. The summed E-state index contributed by atoms with van der Waals surface area (Å²) in [7, 11) is 0. The minimum Gasteiger partial charge on any atom is -0.356 e. The molecule has 0 radical (unpaired) electrons. The molecule has 2 amide bonds. The lowest BCUT2D eigenvalue weighted by atomic mass is 10.1. The van der Waals surface area contributed by atoms with Crippen LogP contribution in [0.5, 0.6) is 0 Å². The first-order valence-electron chi connectivity index (χ1n) is 11.6. The zero-order valence-electron chi connectivity index (χ0n) is 19.1. The van der Waals surface area contributed by atoms with Crippen molar-refractivity contribution in [1.29, 1.82) is 0 Å². The molecular weight excluding hydrogens is 438 g/mol. The Balaban J connectivity index is 1.29. The van der Waals surface area contributed by atoms with Crippen LogP contribution in [0, 0.1) is 0 Å². The van der Waals surface area contributed by atoms with Crippen molar-refractivity contribution in [2.45, 2.75) is 12.8 Å². The van der Waals surface area contributed by atoms with Crippen LogP contribution in [0.3, 0.4) is 0 Å². The molecule has 1 fully saturated rings. The average molecular weight is 464 g/mol. The number of fused-ring (bicyclic) bond motifs is 1. The van der Waals surface area contributed by atoms with Crippen LogP contribution in [0.25, 0.3) is 17.0 Å². The summed E-state index contributed by atoms with van der Waals surface area (Å²) in [5.41, 5.74) is 3.00. The summed E-state index contributed by atoms with van der Waals surface area (Å²) in [5, 5.41) is 6.44. The van der Waals surface area contributed by atoms with Gasteiger partial charge < -0.3 is 10.2 Å². The summed E-state index contributed by atoms with van der Waals surface area (Å²) >= 11 is 0.